The maximum absolute atomic E-state index is 12.3. The van der Waals surface area contributed by atoms with Gasteiger partial charge >= 0.3 is 0 Å². The van der Waals surface area contributed by atoms with E-state index in [0.717, 1.165) is 10.0 Å². The summed E-state index contributed by atoms with van der Waals surface area (Å²) in [7, 11) is 1.92. The number of anilines is 1. The fraction of sp³-hybridized carbons (Fsp3) is 0.222. The Hall–Kier alpha value is -2.16. The van der Waals surface area contributed by atoms with Crippen LogP contribution in [0.5, 0.6) is 0 Å². The number of rotatable bonds is 5. The van der Waals surface area contributed by atoms with E-state index in [4.69, 9.17) is 5.26 Å². The molecule has 2 aromatic rings. The molecule has 0 aliphatic heterocycles. The minimum atomic E-state index is -0.269. The SMILES string of the molecule is C[C@H](C(=O)Nc1ccc(C#N)cc1)N(C)Cc1ccc(Br)cc1. The van der Waals surface area contributed by atoms with E-state index in [1.165, 1.54) is 0 Å². The summed E-state index contributed by atoms with van der Waals surface area (Å²) in [5, 5.41) is 11.7. The Kier molecular flexibility index (Phi) is 5.91. The summed E-state index contributed by atoms with van der Waals surface area (Å²) in [5.74, 6) is -0.0747. The Morgan fingerprint density at radius 2 is 1.83 bits per heavy atom. The zero-order valence-electron chi connectivity index (χ0n) is 13.1. The molecule has 1 atom stereocenters. The molecular formula is C18H18BrN3O. The van der Waals surface area contributed by atoms with Crippen LogP contribution in [-0.4, -0.2) is 23.9 Å². The third-order valence-corrected chi connectivity index (χ3v) is 4.20. The molecule has 0 aromatic heterocycles. The van der Waals surface area contributed by atoms with Crippen molar-refractivity contribution in [2.24, 2.45) is 0 Å². The van der Waals surface area contributed by atoms with Crippen LogP contribution in [0.1, 0.15) is 18.1 Å². The fourth-order valence-corrected chi connectivity index (χ4v) is 2.35. The van der Waals surface area contributed by atoms with Crippen molar-refractivity contribution in [2.45, 2.75) is 19.5 Å². The number of nitrogens with one attached hydrogen (secondary N) is 1. The molecule has 4 nitrogen and oxygen atoms in total. The molecule has 0 saturated carbocycles. The van der Waals surface area contributed by atoms with Crippen molar-refractivity contribution in [1.29, 1.82) is 5.26 Å². The van der Waals surface area contributed by atoms with E-state index in [-0.39, 0.29) is 11.9 Å². The van der Waals surface area contributed by atoms with Gasteiger partial charge in [0, 0.05) is 16.7 Å². The molecule has 2 aromatic carbocycles. The predicted molar refractivity (Wildman–Crippen MR) is 94.9 cm³/mol. The lowest BCUT2D eigenvalue weighted by Gasteiger charge is -2.24. The molecule has 118 valence electrons. The number of hydrogen-bond acceptors (Lipinski definition) is 3. The minimum Gasteiger partial charge on any atom is -0.325 e. The summed E-state index contributed by atoms with van der Waals surface area (Å²) >= 11 is 3.41. The van der Waals surface area contributed by atoms with Gasteiger partial charge in [-0.3, -0.25) is 9.69 Å². The molecule has 23 heavy (non-hydrogen) atoms. The van der Waals surface area contributed by atoms with Gasteiger partial charge < -0.3 is 5.32 Å². The van der Waals surface area contributed by atoms with Crippen molar-refractivity contribution in [2.75, 3.05) is 12.4 Å². The summed E-state index contributed by atoms with van der Waals surface area (Å²) in [5.41, 5.74) is 2.41. The summed E-state index contributed by atoms with van der Waals surface area (Å²) in [6.07, 6.45) is 0. The highest BCUT2D eigenvalue weighted by Crippen LogP contribution is 2.14. The highest BCUT2D eigenvalue weighted by atomic mass is 79.9. The molecule has 0 aliphatic rings. The summed E-state index contributed by atoms with van der Waals surface area (Å²) in [6, 6.07) is 16.7. The average Bonchev–Trinajstić information content (AvgIpc) is 2.56. The Bertz CT molecular complexity index is 705. The van der Waals surface area contributed by atoms with Gasteiger partial charge in [-0.1, -0.05) is 28.1 Å². The third kappa shape index (κ3) is 4.92. The molecule has 5 heteroatoms. The fourth-order valence-electron chi connectivity index (χ4n) is 2.09. The maximum atomic E-state index is 12.3. The van der Waals surface area contributed by atoms with Gasteiger partial charge in [0.1, 0.15) is 0 Å². The number of nitriles is 1. The molecule has 0 bridgehead atoms. The molecule has 0 heterocycles. The molecule has 1 N–H and O–H groups in total. The number of likely N-dealkylation sites (N-methyl/N-ethyl adjacent to an activating group) is 1. The van der Waals surface area contributed by atoms with E-state index in [2.05, 4.69) is 27.3 Å². The van der Waals surface area contributed by atoms with E-state index < -0.39 is 0 Å². The molecule has 0 aliphatic carbocycles. The first kappa shape index (κ1) is 17.2. The zero-order chi connectivity index (χ0) is 16.8. The Balaban J connectivity index is 1.95. The first-order valence-corrected chi connectivity index (χ1v) is 8.04. The molecule has 0 fully saturated rings. The lowest BCUT2D eigenvalue weighted by Crippen LogP contribution is -2.39. The van der Waals surface area contributed by atoms with Crippen LogP contribution in [0.2, 0.25) is 0 Å². The zero-order valence-corrected chi connectivity index (χ0v) is 14.7. The van der Waals surface area contributed by atoms with Crippen LogP contribution in [0, 0.1) is 11.3 Å². The Morgan fingerprint density at radius 1 is 1.22 bits per heavy atom. The van der Waals surface area contributed by atoms with Gasteiger partial charge in [-0.05, 0) is 55.9 Å². The van der Waals surface area contributed by atoms with Crippen LogP contribution in [0.15, 0.2) is 53.0 Å². The first-order valence-electron chi connectivity index (χ1n) is 7.25. The van der Waals surface area contributed by atoms with Crippen LogP contribution in [0.3, 0.4) is 0 Å². The van der Waals surface area contributed by atoms with Crippen LogP contribution >= 0.6 is 15.9 Å². The van der Waals surface area contributed by atoms with Gasteiger partial charge in [0.25, 0.3) is 0 Å². The Labute approximate surface area is 144 Å². The summed E-state index contributed by atoms with van der Waals surface area (Å²) < 4.78 is 1.04. The minimum absolute atomic E-state index is 0.0747. The maximum Gasteiger partial charge on any atom is 0.241 e. The van der Waals surface area contributed by atoms with Gasteiger partial charge in [-0.15, -0.1) is 0 Å². The number of halogens is 1. The smallest absolute Gasteiger partial charge is 0.241 e. The van der Waals surface area contributed by atoms with Crippen LogP contribution in [0.25, 0.3) is 0 Å². The molecule has 0 saturated heterocycles. The van der Waals surface area contributed by atoms with Crippen LogP contribution in [-0.2, 0) is 11.3 Å². The lowest BCUT2D eigenvalue weighted by molar-refractivity contribution is -0.120. The second-order valence-electron chi connectivity index (χ2n) is 5.40. The Morgan fingerprint density at radius 3 is 2.39 bits per heavy atom. The van der Waals surface area contributed by atoms with Crippen molar-refractivity contribution in [1.82, 2.24) is 4.90 Å². The van der Waals surface area contributed by atoms with Gasteiger partial charge in [0.15, 0.2) is 0 Å². The van der Waals surface area contributed by atoms with Gasteiger partial charge in [-0.2, -0.15) is 5.26 Å². The van der Waals surface area contributed by atoms with Gasteiger partial charge in [-0.25, -0.2) is 0 Å². The average molecular weight is 372 g/mol. The number of amides is 1. The van der Waals surface area contributed by atoms with Gasteiger partial charge in [0.2, 0.25) is 5.91 Å². The van der Waals surface area contributed by atoms with Crippen molar-refractivity contribution < 1.29 is 4.79 Å². The van der Waals surface area contributed by atoms with Crippen molar-refractivity contribution in [3.8, 4) is 6.07 Å². The van der Waals surface area contributed by atoms with E-state index in [0.29, 0.717) is 17.8 Å². The molecule has 1 amide bonds. The highest BCUT2D eigenvalue weighted by Gasteiger charge is 2.18. The van der Waals surface area contributed by atoms with Crippen molar-refractivity contribution >= 4 is 27.5 Å². The monoisotopic (exact) mass is 371 g/mol. The number of benzene rings is 2. The molecule has 0 radical (unpaired) electrons. The lowest BCUT2D eigenvalue weighted by atomic mass is 10.2. The van der Waals surface area contributed by atoms with Gasteiger partial charge in [0.05, 0.1) is 17.7 Å². The molecule has 0 spiro atoms. The summed E-state index contributed by atoms with van der Waals surface area (Å²) in [4.78, 5) is 14.3. The van der Waals surface area contributed by atoms with Crippen LogP contribution < -0.4 is 5.32 Å². The number of nitrogens with zero attached hydrogens (tertiary/aromatic N) is 2. The molecule has 2 rings (SSSR count). The molecule has 0 unspecified atom stereocenters. The van der Waals surface area contributed by atoms with E-state index in [9.17, 15) is 4.79 Å². The number of carbonyl (C=O) groups is 1. The van der Waals surface area contributed by atoms with Crippen molar-refractivity contribution in [3.63, 3.8) is 0 Å². The molecular weight excluding hydrogens is 354 g/mol. The second-order valence-corrected chi connectivity index (χ2v) is 6.31. The highest BCUT2D eigenvalue weighted by molar-refractivity contribution is 9.10. The van der Waals surface area contributed by atoms with Crippen LogP contribution in [0.4, 0.5) is 5.69 Å². The predicted octanol–water partition coefficient (Wildman–Crippen LogP) is 3.78. The van der Waals surface area contributed by atoms with Crippen molar-refractivity contribution in [3.05, 3.63) is 64.1 Å². The summed E-state index contributed by atoms with van der Waals surface area (Å²) in [6.45, 7) is 2.56. The topological polar surface area (TPSA) is 56.1 Å². The quantitative estimate of drug-likeness (QED) is 0.869. The number of carbonyl (C=O) groups excluding carboxylic acids is 1. The van der Waals surface area contributed by atoms with E-state index >= 15 is 0 Å². The third-order valence-electron chi connectivity index (χ3n) is 3.67. The first-order chi connectivity index (χ1) is 11.0. The number of hydrogen-bond donors (Lipinski definition) is 1. The normalized spacial score (nSPS) is 11.8. The van der Waals surface area contributed by atoms with E-state index in [1.54, 1.807) is 24.3 Å². The second kappa shape index (κ2) is 7.91. The van der Waals surface area contributed by atoms with E-state index in [1.807, 2.05) is 43.1 Å². The largest absolute Gasteiger partial charge is 0.325 e. The standard InChI is InChI=1S/C18H18BrN3O/c1-13(22(2)12-15-3-7-16(19)8-4-15)18(23)21-17-9-5-14(11-20)6-10-17/h3-10,13H,12H2,1-2H3,(H,21,23)/t13-/m1/s1.